The van der Waals surface area contributed by atoms with Crippen LogP contribution in [0.1, 0.15) is 12.0 Å². The molecule has 3 aromatic rings. The van der Waals surface area contributed by atoms with E-state index in [1.807, 2.05) is 12.1 Å². The molecule has 0 bridgehead atoms. The largest absolute Gasteiger partial charge is 0.339 e. The van der Waals surface area contributed by atoms with Crippen LogP contribution in [-0.4, -0.2) is 8.41 Å². The van der Waals surface area contributed by atoms with Crippen LogP contribution < -0.4 is 15.6 Å². The van der Waals surface area contributed by atoms with Crippen molar-refractivity contribution < 1.29 is 8.50 Å². The van der Waals surface area contributed by atoms with Crippen molar-refractivity contribution in [3.8, 4) is 0 Å². The van der Waals surface area contributed by atoms with E-state index in [-0.39, 0.29) is 12.0 Å². The molecule has 0 heterocycles. The summed E-state index contributed by atoms with van der Waals surface area (Å²) in [7, 11) is -3.92. The van der Waals surface area contributed by atoms with Gasteiger partial charge in [-0.25, -0.2) is 4.39 Å². The molecule has 0 amide bonds. The molecule has 0 aliphatic carbocycles. The van der Waals surface area contributed by atoms with Crippen LogP contribution in [-0.2, 0) is 5.13 Å². The summed E-state index contributed by atoms with van der Waals surface area (Å²) in [5, 5.41) is -0.752. The molecular weight excluding hydrogens is 366 g/mol. The number of allylic oxidation sites excluding steroid dienone is 1. The molecule has 0 N–H and O–H groups in total. The Balaban J connectivity index is 2.31. The van der Waals surface area contributed by atoms with Crippen molar-refractivity contribution in [1.29, 1.82) is 0 Å². The lowest BCUT2D eigenvalue weighted by Crippen LogP contribution is -2.65. The minimum atomic E-state index is -3.92. The molecule has 0 aliphatic heterocycles. The molecule has 132 valence electrons. The third-order valence-corrected chi connectivity index (χ3v) is 8.23. The van der Waals surface area contributed by atoms with E-state index in [1.165, 1.54) is 6.08 Å². The predicted molar refractivity (Wildman–Crippen MR) is 109 cm³/mol. The summed E-state index contributed by atoms with van der Waals surface area (Å²) in [4.78, 5) is 0. The molecule has 4 heteroatoms. The van der Waals surface area contributed by atoms with Gasteiger partial charge in [0.15, 0.2) is 0 Å². The molecule has 1 unspecified atom stereocenters. The summed E-state index contributed by atoms with van der Waals surface area (Å²) in [6, 6.07) is 24.6. The van der Waals surface area contributed by atoms with E-state index in [9.17, 15) is 0 Å². The minimum absolute atomic E-state index is 0.0976. The zero-order valence-electron chi connectivity index (χ0n) is 14.2. The summed E-state index contributed by atoms with van der Waals surface area (Å²) in [5.74, 6) is 0. The highest BCUT2D eigenvalue weighted by atomic mass is 35.5. The normalized spacial score (nSPS) is 13.8. The highest BCUT2D eigenvalue weighted by Gasteiger charge is 2.46. The van der Waals surface area contributed by atoms with Crippen LogP contribution in [0, 0.1) is 0 Å². The van der Waals surface area contributed by atoms with Crippen LogP contribution in [0.25, 0.3) is 0 Å². The Morgan fingerprint density at radius 3 is 1.81 bits per heavy atom. The van der Waals surface area contributed by atoms with Crippen LogP contribution >= 0.6 is 11.6 Å². The fourth-order valence-electron chi connectivity index (χ4n) is 3.21. The molecule has 0 saturated heterocycles. The minimum Gasteiger partial charge on any atom is -0.296 e. The second kappa shape index (κ2) is 7.56. The number of hydrogen-bond acceptors (Lipinski definition) is 0. The lowest BCUT2D eigenvalue weighted by atomic mass is 10.1. The zero-order chi connectivity index (χ0) is 18.6. The molecule has 0 saturated carbocycles. The fourth-order valence-corrected chi connectivity index (χ4v) is 6.80. The third-order valence-electron chi connectivity index (χ3n) is 4.44. The third kappa shape index (κ3) is 3.37. The first-order chi connectivity index (χ1) is 12.5. The fraction of sp³-hybridized carbons (Fsp3) is 0.0909. The Morgan fingerprint density at radius 2 is 1.31 bits per heavy atom. The molecule has 0 spiro atoms. The van der Waals surface area contributed by atoms with E-state index in [4.69, 9.17) is 11.6 Å². The maximum atomic E-state index is 16.9. The van der Waals surface area contributed by atoms with E-state index >= 15 is 8.50 Å². The van der Waals surface area contributed by atoms with E-state index in [2.05, 4.69) is 6.58 Å². The molecular formula is C22H19ClF2Si. The number of alkyl halides is 2. The van der Waals surface area contributed by atoms with Crippen LogP contribution in [0.5, 0.6) is 0 Å². The van der Waals surface area contributed by atoms with Crippen LogP contribution in [0.3, 0.4) is 0 Å². The van der Waals surface area contributed by atoms with E-state index in [0.717, 1.165) is 0 Å². The van der Waals surface area contributed by atoms with Crippen molar-refractivity contribution in [1.82, 2.24) is 0 Å². The monoisotopic (exact) mass is 384 g/mol. The maximum Gasteiger partial charge on any atom is 0.339 e. The van der Waals surface area contributed by atoms with Crippen molar-refractivity contribution in [2.24, 2.45) is 0 Å². The summed E-state index contributed by atoms with van der Waals surface area (Å²) >= 11 is 6.17. The van der Waals surface area contributed by atoms with E-state index in [0.29, 0.717) is 15.6 Å². The van der Waals surface area contributed by atoms with Crippen LogP contribution in [0.15, 0.2) is 97.6 Å². The molecule has 0 fully saturated rings. The van der Waals surface area contributed by atoms with Crippen molar-refractivity contribution in [3.63, 3.8) is 0 Å². The molecule has 0 aromatic heterocycles. The Labute approximate surface area is 159 Å². The molecule has 3 rings (SSSR count). The first-order valence-electron chi connectivity index (χ1n) is 8.39. The standard InChI is InChI=1S/C22H19ClF2Si/c1-2-17-22(23,24)20-15-9-10-16-21(20)26(25,18-11-5-3-6-12-18)19-13-7-4-8-14-19/h2-16H,1,17H2. The second-order valence-electron chi connectivity index (χ2n) is 6.13. The van der Waals surface area contributed by atoms with Crippen LogP contribution in [0.2, 0.25) is 0 Å². The van der Waals surface area contributed by atoms with Gasteiger partial charge in [-0.2, -0.15) is 0 Å². The summed E-state index contributed by atoms with van der Waals surface area (Å²) < 4.78 is 32.1. The van der Waals surface area contributed by atoms with Gasteiger partial charge in [0.2, 0.25) is 5.13 Å². The van der Waals surface area contributed by atoms with Gasteiger partial charge < -0.3 is 0 Å². The van der Waals surface area contributed by atoms with Gasteiger partial charge in [0.1, 0.15) is 0 Å². The van der Waals surface area contributed by atoms with Crippen LogP contribution in [0.4, 0.5) is 8.50 Å². The smallest absolute Gasteiger partial charge is 0.296 e. The second-order valence-corrected chi connectivity index (χ2v) is 9.74. The Hall–Kier alpha value is -2.23. The van der Waals surface area contributed by atoms with E-state index in [1.54, 1.807) is 72.8 Å². The van der Waals surface area contributed by atoms with Gasteiger partial charge in [0.25, 0.3) is 0 Å². The number of hydrogen-bond donors (Lipinski definition) is 0. The Morgan fingerprint density at radius 1 is 0.846 bits per heavy atom. The zero-order valence-corrected chi connectivity index (χ0v) is 16.0. The van der Waals surface area contributed by atoms with Gasteiger partial charge in [-0.15, -0.1) is 6.58 Å². The number of rotatable bonds is 6. The SMILES string of the molecule is C=CCC(F)(Cl)c1ccccc1[Si](F)(c1ccccc1)c1ccccc1. The number of benzene rings is 3. The summed E-state index contributed by atoms with van der Waals surface area (Å²) in [6.45, 7) is 3.57. The number of halogens is 3. The predicted octanol–water partition coefficient (Wildman–Crippen LogP) is 4.56. The quantitative estimate of drug-likeness (QED) is 0.192. The highest BCUT2D eigenvalue weighted by Crippen LogP contribution is 2.34. The van der Waals surface area contributed by atoms with Gasteiger partial charge in [-0.1, -0.05) is 103 Å². The highest BCUT2D eigenvalue weighted by molar-refractivity contribution is 7.07. The molecule has 1 atom stereocenters. The summed E-state index contributed by atoms with van der Waals surface area (Å²) in [5.41, 5.74) is 0.170. The average Bonchev–Trinajstić information content (AvgIpc) is 2.69. The molecule has 26 heavy (non-hydrogen) atoms. The van der Waals surface area contributed by atoms with Crippen molar-refractivity contribution in [2.75, 3.05) is 0 Å². The van der Waals surface area contributed by atoms with Gasteiger partial charge in [-0.3, -0.25) is 4.11 Å². The van der Waals surface area contributed by atoms with Gasteiger partial charge in [0, 0.05) is 12.0 Å². The Bertz CT molecular complexity index is 839. The van der Waals surface area contributed by atoms with Gasteiger partial charge in [-0.05, 0) is 15.6 Å². The van der Waals surface area contributed by atoms with Crippen molar-refractivity contribution in [2.45, 2.75) is 11.5 Å². The lowest BCUT2D eigenvalue weighted by Gasteiger charge is -2.29. The maximum absolute atomic E-state index is 16.9. The van der Waals surface area contributed by atoms with Gasteiger partial charge in [0.05, 0.1) is 0 Å². The lowest BCUT2D eigenvalue weighted by molar-refractivity contribution is 0.289. The molecule has 0 radical (unpaired) electrons. The first-order valence-corrected chi connectivity index (χ1v) is 10.6. The first kappa shape index (κ1) is 18.6. The Kier molecular flexibility index (Phi) is 5.40. The molecule has 0 aliphatic rings. The average molecular weight is 385 g/mol. The van der Waals surface area contributed by atoms with Gasteiger partial charge >= 0.3 is 8.41 Å². The van der Waals surface area contributed by atoms with Crippen molar-refractivity contribution >= 4 is 35.6 Å². The molecule has 3 aromatic carbocycles. The molecule has 0 nitrogen and oxygen atoms in total. The van der Waals surface area contributed by atoms with Crippen molar-refractivity contribution in [3.05, 3.63) is 103 Å². The topological polar surface area (TPSA) is 0 Å². The van der Waals surface area contributed by atoms with E-state index < -0.39 is 13.5 Å². The summed E-state index contributed by atoms with van der Waals surface area (Å²) in [6.07, 6.45) is 1.32.